The predicted molar refractivity (Wildman–Crippen MR) is 91.0 cm³/mol. The van der Waals surface area contributed by atoms with E-state index in [0.29, 0.717) is 29.5 Å². The number of carboxylic acid groups (broad SMARTS) is 1. The second kappa shape index (κ2) is 9.90. The molecular weight excluding hydrogens is 312 g/mol. The summed E-state index contributed by atoms with van der Waals surface area (Å²) in [6, 6.07) is 9.35. The highest BCUT2D eigenvalue weighted by Crippen LogP contribution is 2.14. The molecule has 1 amide bonds. The van der Waals surface area contributed by atoms with E-state index in [1.807, 2.05) is 26.0 Å². The van der Waals surface area contributed by atoms with E-state index in [1.54, 1.807) is 17.0 Å². The number of hydrogen-bond acceptors (Lipinski definition) is 4. The minimum Gasteiger partial charge on any atom is -0.481 e. The van der Waals surface area contributed by atoms with Crippen LogP contribution in [0.4, 0.5) is 0 Å². The van der Waals surface area contributed by atoms with Crippen molar-refractivity contribution < 1.29 is 14.7 Å². The summed E-state index contributed by atoms with van der Waals surface area (Å²) in [4.78, 5) is 24.6. The lowest BCUT2D eigenvalue weighted by Crippen LogP contribution is -2.37. The van der Waals surface area contributed by atoms with Crippen molar-refractivity contribution in [3.05, 3.63) is 35.4 Å². The van der Waals surface area contributed by atoms with Gasteiger partial charge in [-0.2, -0.15) is 5.26 Å². The summed E-state index contributed by atoms with van der Waals surface area (Å²) < 4.78 is 0. The molecule has 1 aromatic carbocycles. The molecule has 0 spiro atoms. The molecule has 0 aromatic heterocycles. The van der Waals surface area contributed by atoms with E-state index in [1.165, 1.54) is 11.8 Å². The number of benzene rings is 1. The normalized spacial score (nSPS) is 10.3. The summed E-state index contributed by atoms with van der Waals surface area (Å²) in [6.07, 6.45) is -0.0290. The van der Waals surface area contributed by atoms with Crippen molar-refractivity contribution in [2.24, 2.45) is 5.92 Å². The van der Waals surface area contributed by atoms with E-state index >= 15 is 0 Å². The van der Waals surface area contributed by atoms with E-state index in [9.17, 15) is 9.59 Å². The molecule has 0 unspecified atom stereocenters. The first-order chi connectivity index (χ1) is 10.9. The van der Waals surface area contributed by atoms with Gasteiger partial charge in [-0.15, -0.1) is 11.8 Å². The maximum Gasteiger partial charge on any atom is 0.305 e. The van der Waals surface area contributed by atoms with Crippen LogP contribution in [0.15, 0.2) is 24.3 Å². The van der Waals surface area contributed by atoms with Gasteiger partial charge in [-0.25, -0.2) is 0 Å². The third-order valence-corrected chi connectivity index (χ3v) is 4.10. The largest absolute Gasteiger partial charge is 0.481 e. The van der Waals surface area contributed by atoms with Gasteiger partial charge in [-0.1, -0.05) is 26.0 Å². The van der Waals surface area contributed by atoms with Crippen LogP contribution in [0.5, 0.6) is 0 Å². The van der Waals surface area contributed by atoms with Crippen molar-refractivity contribution in [1.29, 1.82) is 5.26 Å². The van der Waals surface area contributed by atoms with Crippen LogP contribution in [-0.2, 0) is 15.3 Å². The van der Waals surface area contributed by atoms with Gasteiger partial charge in [-0.05, 0) is 23.6 Å². The number of carbonyl (C=O) groups is 2. The van der Waals surface area contributed by atoms with Gasteiger partial charge in [0.15, 0.2) is 0 Å². The number of thioether (sulfide) groups is 1. The van der Waals surface area contributed by atoms with Gasteiger partial charge < -0.3 is 10.0 Å². The summed E-state index contributed by atoms with van der Waals surface area (Å²) in [5, 5.41) is 17.5. The highest BCUT2D eigenvalue weighted by Gasteiger charge is 2.16. The van der Waals surface area contributed by atoms with E-state index in [4.69, 9.17) is 10.4 Å². The first-order valence-corrected chi connectivity index (χ1v) is 8.64. The zero-order valence-corrected chi connectivity index (χ0v) is 14.3. The standard InChI is InChI=1S/C17H22N2O3S/c1-13(2)10-19(8-7-17(21)22)16(20)12-23-11-15-5-3-14(9-18)4-6-15/h3-6,13H,7-8,10-12H2,1-2H3,(H,21,22). The van der Waals surface area contributed by atoms with Crippen LogP contribution < -0.4 is 0 Å². The molecular formula is C17H22N2O3S. The van der Waals surface area contributed by atoms with E-state index in [-0.39, 0.29) is 18.9 Å². The van der Waals surface area contributed by atoms with Gasteiger partial charge in [0.25, 0.3) is 0 Å². The van der Waals surface area contributed by atoms with Crippen molar-refractivity contribution in [2.45, 2.75) is 26.0 Å². The topological polar surface area (TPSA) is 81.4 Å². The fraction of sp³-hybridized carbons (Fsp3) is 0.471. The average molecular weight is 334 g/mol. The quantitative estimate of drug-likeness (QED) is 0.751. The lowest BCUT2D eigenvalue weighted by atomic mass is 10.2. The summed E-state index contributed by atoms with van der Waals surface area (Å²) in [6.45, 7) is 4.84. The second-order valence-corrected chi connectivity index (χ2v) is 6.66. The lowest BCUT2D eigenvalue weighted by molar-refractivity contribution is -0.138. The number of amides is 1. The van der Waals surface area contributed by atoms with E-state index in [2.05, 4.69) is 6.07 Å². The van der Waals surface area contributed by atoms with Crippen LogP contribution in [0.25, 0.3) is 0 Å². The van der Waals surface area contributed by atoms with Crippen molar-refractivity contribution in [3.8, 4) is 6.07 Å². The number of aliphatic carboxylic acids is 1. The maximum absolute atomic E-state index is 12.3. The lowest BCUT2D eigenvalue weighted by Gasteiger charge is -2.24. The van der Waals surface area contributed by atoms with Gasteiger partial charge in [0.2, 0.25) is 5.91 Å². The third kappa shape index (κ3) is 7.71. The van der Waals surface area contributed by atoms with Crippen LogP contribution in [0.1, 0.15) is 31.4 Å². The van der Waals surface area contributed by atoms with Crippen LogP contribution in [0.2, 0.25) is 0 Å². The van der Waals surface area contributed by atoms with Gasteiger partial charge in [0, 0.05) is 18.8 Å². The zero-order chi connectivity index (χ0) is 17.2. The summed E-state index contributed by atoms with van der Waals surface area (Å²) in [5.41, 5.74) is 1.68. The molecule has 5 nitrogen and oxygen atoms in total. The fourth-order valence-electron chi connectivity index (χ4n) is 2.01. The molecule has 0 fully saturated rings. The minimum atomic E-state index is -0.892. The number of carbonyl (C=O) groups excluding carboxylic acids is 1. The minimum absolute atomic E-state index is 0.0290. The van der Waals surface area contributed by atoms with E-state index in [0.717, 1.165) is 5.56 Å². The highest BCUT2D eigenvalue weighted by molar-refractivity contribution is 7.99. The molecule has 0 aliphatic carbocycles. The number of carboxylic acids is 1. The van der Waals surface area contributed by atoms with Crippen molar-refractivity contribution in [2.75, 3.05) is 18.8 Å². The molecule has 1 aromatic rings. The molecule has 0 radical (unpaired) electrons. The maximum atomic E-state index is 12.3. The number of nitriles is 1. The second-order valence-electron chi connectivity index (χ2n) is 5.68. The monoisotopic (exact) mass is 334 g/mol. The smallest absolute Gasteiger partial charge is 0.305 e. The Morgan fingerprint density at radius 3 is 2.48 bits per heavy atom. The van der Waals surface area contributed by atoms with Crippen molar-refractivity contribution >= 4 is 23.6 Å². The molecule has 1 rings (SSSR count). The Kier molecular flexibility index (Phi) is 8.20. The van der Waals surface area contributed by atoms with Gasteiger partial charge in [0.1, 0.15) is 0 Å². The van der Waals surface area contributed by atoms with Gasteiger partial charge in [0.05, 0.1) is 23.8 Å². The van der Waals surface area contributed by atoms with Crippen LogP contribution in [-0.4, -0.2) is 40.7 Å². The number of hydrogen-bond donors (Lipinski definition) is 1. The molecule has 0 saturated carbocycles. The SMILES string of the molecule is CC(C)CN(CCC(=O)O)C(=O)CSCc1ccc(C#N)cc1. The first-order valence-electron chi connectivity index (χ1n) is 7.48. The Morgan fingerprint density at radius 1 is 1.30 bits per heavy atom. The molecule has 23 heavy (non-hydrogen) atoms. The Labute approximate surface area is 141 Å². The molecule has 0 aliphatic rings. The van der Waals surface area contributed by atoms with Crippen molar-refractivity contribution in [3.63, 3.8) is 0 Å². The number of rotatable bonds is 9. The zero-order valence-electron chi connectivity index (χ0n) is 13.5. The number of nitrogens with zero attached hydrogens (tertiary/aromatic N) is 2. The van der Waals surface area contributed by atoms with Gasteiger partial charge >= 0.3 is 5.97 Å². The summed E-state index contributed by atoms with van der Waals surface area (Å²) >= 11 is 1.50. The Hall–Kier alpha value is -2.00. The summed E-state index contributed by atoms with van der Waals surface area (Å²) in [5.74, 6) is 0.393. The fourth-order valence-corrected chi connectivity index (χ4v) is 2.90. The predicted octanol–water partition coefficient (Wildman–Crippen LogP) is 2.75. The molecule has 124 valence electrons. The summed E-state index contributed by atoms with van der Waals surface area (Å²) in [7, 11) is 0. The third-order valence-electron chi connectivity index (χ3n) is 3.11. The Morgan fingerprint density at radius 2 is 1.96 bits per heavy atom. The molecule has 0 bridgehead atoms. The highest BCUT2D eigenvalue weighted by atomic mass is 32.2. The van der Waals surface area contributed by atoms with Crippen LogP contribution in [0.3, 0.4) is 0 Å². The molecule has 6 heteroatoms. The van der Waals surface area contributed by atoms with Crippen LogP contribution >= 0.6 is 11.8 Å². The molecule has 1 N–H and O–H groups in total. The average Bonchev–Trinajstić information content (AvgIpc) is 2.51. The van der Waals surface area contributed by atoms with Gasteiger partial charge in [-0.3, -0.25) is 9.59 Å². The Bertz CT molecular complexity index is 564. The molecule has 0 heterocycles. The molecule has 0 atom stereocenters. The molecule has 0 aliphatic heterocycles. The van der Waals surface area contributed by atoms with Crippen molar-refractivity contribution in [1.82, 2.24) is 4.90 Å². The molecule has 0 saturated heterocycles. The first kappa shape index (κ1) is 19.0. The Balaban J connectivity index is 2.46. The van der Waals surface area contributed by atoms with E-state index < -0.39 is 5.97 Å². The van der Waals surface area contributed by atoms with Crippen LogP contribution in [0, 0.1) is 17.2 Å².